The molecule has 2 aromatic heterocycles. The molecule has 0 bridgehead atoms. The Balaban J connectivity index is 1.60. The lowest BCUT2D eigenvalue weighted by molar-refractivity contribution is -0.132. The first kappa shape index (κ1) is 19.1. The Bertz CT molecular complexity index is 1010. The fraction of sp³-hybridized carbons (Fsp3) is 0.364. The molecule has 4 rings (SSSR count). The van der Waals surface area contributed by atoms with Gasteiger partial charge in [-0.1, -0.05) is 12.1 Å². The number of amides is 2. The number of carbonyl (C=O) groups excluding carboxylic acids is 2. The van der Waals surface area contributed by atoms with Gasteiger partial charge in [0.25, 0.3) is 5.91 Å². The van der Waals surface area contributed by atoms with Crippen molar-refractivity contribution in [3.8, 4) is 0 Å². The molecule has 1 aliphatic rings. The van der Waals surface area contributed by atoms with E-state index in [1.165, 1.54) is 12.6 Å². The van der Waals surface area contributed by atoms with Gasteiger partial charge in [-0.2, -0.15) is 0 Å². The van der Waals surface area contributed by atoms with E-state index in [4.69, 9.17) is 4.98 Å². The lowest BCUT2D eigenvalue weighted by Gasteiger charge is -2.27. The van der Waals surface area contributed by atoms with E-state index >= 15 is 0 Å². The third-order valence-electron chi connectivity index (χ3n) is 5.34. The monoisotopic (exact) mass is 391 g/mol. The molecule has 1 aromatic carbocycles. The maximum atomic E-state index is 12.9. The predicted octanol–water partition coefficient (Wildman–Crippen LogP) is 2.93. The van der Waals surface area contributed by atoms with Gasteiger partial charge in [0.05, 0.1) is 22.6 Å². The lowest BCUT2D eigenvalue weighted by atomic mass is 10.1. The van der Waals surface area contributed by atoms with Crippen LogP contribution >= 0.6 is 0 Å². The average Bonchev–Trinajstić information content (AvgIpc) is 3.13. The van der Waals surface area contributed by atoms with Crippen LogP contribution in [0.2, 0.25) is 0 Å². The number of benzene rings is 1. The van der Waals surface area contributed by atoms with Gasteiger partial charge in [-0.25, -0.2) is 4.98 Å². The van der Waals surface area contributed by atoms with E-state index in [1.54, 1.807) is 18.3 Å². The number of pyridine rings is 1. The molecule has 2 amide bonds. The number of aromatic nitrogens is 3. The highest BCUT2D eigenvalue weighted by Crippen LogP contribution is 2.22. The summed E-state index contributed by atoms with van der Waals surface area (Å²) in [4.78, 5) is 36.1. The van der Waals surface area contributed by atoms with Gasteiger partial charge >= 0.3 is 0 Å². The quantitative estimate of drug-likeness (QED) is 0.725. The van der Waals surface area contributed by atoms with Crippen LogP contribution in [0, 0.1) is 0 Å². The van der Waals surface area contributed by atoms with Crippen molar-refractivity contribution in [2.24, 2.45) is 0 Å². The van der Waals surface area contributed by atoms with E-state index < -0.39 is 0 Å². The van der Waals surface area contributed by atoms with Crippen molar-refractivity contribution in [3.05, 3.63) is 60.2 Å². The molecule has 150 valence electrons. The minimum atomic E-state index is -0.357. The molecule has 1 unspecified atom stereocenters. The molecule has 3 heterocycles. The molecule has 1 atom stereocenters. The largest absolute Gasteiger partial charge is 0.342 e. The number of carbonyl (C=O) groups is 2. The van der Waals surface area contributed by atoms with E-state index in [1.807, 2.05) is 40.7 Å². The van der Waals surface area contributed by atoms with Gasteiger partial charge in [0.15, 0.2) is 0 Å². The molecule has 0 saturated carbocycles. The number of para-hydroxylation sites is 2. The van der Waals surface area contributed by atoms with Crippen molar-refractivity contribution in [1.29, 1.82) is 0 Å². The Labute approximate surface area is 169 Å². The van der Waals surface area contributed by atoms with Gasteiger partial charge in [0.2, 0.25) is 5.91 Å². The molecule has 7 nitrogen and oxygen atoms in total. The van der Waals surface area contributed by atoms with Crippen LogP contribution in [0.4, 0.5) is 0 Å². The van der Waals surface area contributed by atoms with E-state index in [2.05, 4.69) is 10.3 Å². The zero-order valence-electron chi connectivity index (χ0n) is 16.5. The topological polar surface area (TPSA) is 80.1 Å². The molecular formula is C22H25N5O2. The number of nitrogens with zero attached hydrogens (tertiary/aromatic N) is 4. The standard InChI is InChI=1S/C22H25N5O2/c1-16(24-22(29)17-8-7-11-23-14-17)21-25-18-9-3-4-10-19(18)27(21)15-20(28)26-12-5-2-6-13-26/h3-4,7-11,14,16H,2,5-6,12-13,15H2,1H3,(H,24,29). The van der Waals surface area contributed by atoms with E-state index in [0.29, 0.717) is 11.4 Å². The third-order valence-corrected chi connectivity index (χ3v) is 5.34. The van der Waals surface area contributed by atoms with Crippen LogP contribution in [0.25, 0.3) is 11.0 Å². The number of hydrogen-bond donors (Lipinski definition) is 1. The number of rotatable bonds is 5. The van der Waals surface area contributed by atoms with Gasteiger partial charge in [0, 0.05) is 25.5 Å². The third kappa shape index (κ3) is 4.13. The van der Waals surface area contributed by atoms with Crippen molar-refractivity contribution < 1.29 is 9.59 Å². The number of fused-ring (bicyclic) bond motifs is 1. The number of imidazole rings is 1. The minimum Gasteiger partial charge on any atom is -0.342 e. The zero-order valence-corrected chi connectivity index (χ0v) is 16.5. The summed E-state index contributed by atoms with van der Waals surface area (Å²) in [6.45, 7) is 3.74. The Morgan fingerprint density at radius 3 is 2.66 bits per heavy atom. The van der Waals surface area contributed by atoms with Crippen LogP contribution in [0.3, 0.4) is 0 Å². The molecule has 1 N–H and O–H groups in total. The normalized spacial score (nSPS) is 15.3. The molecule has 1 fully saturated rings. The van der Waals surface area contributed by atoms with Crippen molar-refractivity contribution in [2.45, 2.75) is 38.8 Å². The van der Waals surface area contributed by atoms with Crippen molar-refractivity contribution in [3.63, 3.8) is 0 Å². The van der Waals surface area contributed by atoms with Crippen LogP contribution in [0.15, 0.2) is 48.8 Å². The predicted molar refractivity (Wildman–Crippen MR) is 110 cm³/mol. The number of nitrogens with one attached hydrogen (secondary N) is 1. The summed E-state index contributed by atoms with van der Waals surface area (Å²) in [7, 11) is 0. The molecule has 0 spiro atoms. The summed E-state index contributed by atoms with van der Waals surface area (Å²) < 4.78 is 1.93. The fourth-order valence-electron chi connectivity index (χ4n) is 3.81. The summed E-state index contributed by atoms with van der Waals surface area (Å²) in [5.74, 6) is 0.556. The first-order valence-electron chi connectivity index (χ1n) is 10.1. The Morgan fingerprint density at radius 2 is 1.90 bits per heavy atom. The number of hydrogen-bond acceptors (Lipinski definition) is 4. The van der Waals surface area contributed by atoms with Gasteiger partial charge in [0.1, 0.15) is 12.4 Å². The van der Waals surface area contributed by atoms with Crippen LogP contribution < -0.4 is 5.32 Å². The number of likely N-dealkylation sites (tertiary alicyclic amines) is 1. The highest BCUT2D eigenvalue weighted by molar-refractivity contribution is 5.94. The van der Waals surface area contributed by atoms with Gasteiger partial charge in [-0.3, -0.25) is 14.6 Å². The Hall–Kier alpha value is -3.22. The van der Waals surface area contributed by atoms with Gasteiger partial charge in [-0.15, -0.1) is 0 Å². The Morgan fingerprint density at radius 1 is 1.10 bits per heavy atom. The maximum Gasteiger partial charge on any atom is 0.253 e. The molecule has 3 aromatic rings. The van der Waals surface area contributed by atoms with E-state index in [9.17, 15) is 9.59 Å². The SMILES string of the molecule is CC(NC(=O)c1cccnc1)c1nc2ccccc2n1CC(=O)N1CCCCC1. The van der Waals surface area contributed by atoms with Crippen molar-refractivity contribution in [2.75, 3.05) is 13.1 Å². The highest BCUT2D eigenvalue weighted by Gasteiger charge is 2.23. The first-order valence-corrected chi connectivity index (χ1v) is 10.1. The van der Waals surface area contributed by atoms with Gasteiger partial charge < -0.3 is 14.8 Å². The van der Waals surface area contributed by atoms with Gasteiger partial charge in [-0.05, 0) is 50.5 Å². The van der Waals surface area contributed by atoms with E-state index in [-0.39, 0.29) is 24.4 Å². The summed E-state index contributed by atoms with van der Waals surface area (Å²) in [6.07, 6.45) is 6.46. The van der Waals surface area contributed by atoms with Crippen LogP contribution in [0.1, 0.15) is 48.4 Å². The van der Waals surface area contributed by atoms with Crippen LogP contribution in [-0.2, 0) is 11.3 Å². The smallest absolute Gasteiger partial charge is 0.253 e. The molecule has 1 aliphatic heterocycles. The minimum absolute atomic E-state index is 0.0971. The molecule has 0 aliphatic carbocycles. The van der Waals surface area contributed by atoms with Crippen molar-refractivity contribution in [1.82, 2.24) is 24.8 Å². The lowest BCUT2D eigenvalue weighted by Crippen LogP contribution is -2.38. The second-order valence-corrected chi connectivity index (χ2v) is 7.42. The van der Waals surface area contributed by atoms with Crippen LogP contribution in [-0.4, -0.2) is 44.3 Å². The summed E-state index contributed by atoms with van der Waals surface area (Å²) in [5.41, 5.74) is 2.21. The molecule has 29 heavy (non-hydrogen) atoms. The second kappa shape index (κ2) is 8.43. The van der Waals surface area contributed by atoms with Crippen molar-refractivity contribution >= 4 is 22.8 Å². The summed E-state index contributed by atoms with van der Waals surface area (Å²) >= 11 is 0. The summed E-state index contributed by atoms with van der Waals surface area (Å²) in [6, 6.07) is 10.8. The second-order valence-electron chi connectivity index (χ2n) is 7.42. The molecule has 0 radical (unpaired) electrons. The maximum absolute atomic E-state index is 12.9. The van der Waals surface area contributed by atoms with Crippen LogP contribution in [0.5, 0.6) is 0 Å². The Kier molecular flexibility index (Phi) is 5.55. The first-order chi connectivity index (χ1) is 14.1. The highest BCUT2D eigenvalue weighted by atomic mass is 16.2. The molecular weight excluding hydrogens is 366 g/mol. The molecule has 1 saturated heterocycles. The molecule has 7 heteroatoms. The summed E-state index contributed by atoms with van der Waals surface area (Å²) in [5, 5.41) is 2.98. The number of piperidine rings is 1. The zero-order chi connectivity index (χ0) is 20.2. The van der Waals surface area contributed by atoms with E-state index in [0.717, 1.165) is 37.0 Å². The average molecular weight is 391 g/mol. The fourth-order valence-corrected chi connectivity index (χ4v) is 3.81.